The standard InChI is InChI=1S/C14H15F4NO/c1-9(20)19(8-10-2-6-12(15)7-3-10)13(11-4-5-11)14(16,17)18/h2-3,6-7,11,13H,4-5,8H2,1H3/t13-/m0/s1. The normalized spacial score (nSPS) is 16.9. The molecule has 0 radical (unpaired) electrons. The molecule has 110 valence electrons. The smallest absolute Gasteiger partial charge is 0.326 e. The fourth-order valence-electron chi connectivity index (χ4n) is 2.30. The van der Waals surface area contributed by atoms with Gasteiger partial charge in [0.15, 0.2) is 0 Å². The van der Waals surface area contributed by atoms with E-state index in [-0.39, 0.29) is 6.54 Å². The first-order valence-corrected chi connectivity index (χ1v) is 6.37. The van der Waals surface area contributed by atoms with Gasteiger partial charge in [-0.15, -0.1) is 0 Å². The van der Waals surface area contributed by atoms with Crippen molar-refractivity contribution in [1.82, 2.24) is 4.90 Å². The van der Waals surface area contributed by atoms with Crippen molar-refractivity contribution in [1.29, 1.82) is 0 Å². The molecule has 0 unspecified atom stereocenters. The quantitative estimate of drug-likeness (QED) is 0.777. The number of carbonyl (C=O) groups excluding carboxylic acids is 1. The summed E-state index contributed by atoms with van der Waals surface area (Å²) in [6.45, 7) is 0.973. The Morgan fingerprint density at radius 2 is 1.85 bits per heavy atom. The third-order valence-electron chi connectivity index (χ3n) is 3.41. The summed E-state index contributed by atoms with van der Waals surface area (Å²) in [6, 6.07) is 3.39. The lowest BCUT2D eigenvalue weighted by molar-refractivity contribution is -0.195. The molecule has 0 saturated heterocycles. The SMILES string of the molecule is CC(=O)N(Cc1ccc(F)cc1)[C@@H](C1CC1)C(F)(F)F. The number of alkyl halides is 3. The summed E-state index contributed by atoms with van der Waals surface area (Å²) < 4.78 is 52.2. The van der Waals surface area contributed by atoms with Crippen LogP contribution in [0.25, 0.3) is 0 Å². The molecule has 1 aromatic carbocycles. The zero-order valence-electron chi connectivity index (χ0n) is 11.0. The van der Waals surface area contributed by atoms with Gasteiger partial charge in [0.25, 0.3) is 0 Å². The van der Waals surface area contributed by atoms with Crippen LogP contribution in [0.2, 0.25) is 0 Å². The van der Waals surface area contributed by atoms with Crippen LogP contribution in [-0.4, -0.2) is 23.0 Å². The van der Waals surface area contributed by atoms with Crippen molar-refractivity contribution < 1.29 is 22.4 Å². The molecule has 1 aromatic rings. The Morgan fingerprint density at radius 1 is 1.30 bits per heavy atom. The van der Waals surface area contributed by atoms with E-state index in [0.29, 0.717) is 18.4 Å². The second-order valence-electron chi connectivity index (χ2n) is 5.10. The fraction of sp³-hybridized carbons (Fsp3) is 0.500. The van der Waals surface area contributed by atoms with Crippen LogP contribution >= 0.6 is 0 Å². The van der Waals surface area contributed by atoms with Gasteiger partial charge in [-0.2, -0.15) is 13.2 Å². The number of hydrogen-bond donors (Lipinski definition) is 0. The Morgan fingerprint density at radius 3 is 2.25 bits per heavy atom. The summed E-state index contributed by atoms with van der Waals surface area (Å²) in [4.78, 5) is 12.4. The molecule has 1 aliphatic carbocycles. The van der Waals surface area contributed by atoms with Crippen LogP contribution in [0.3, 0.4) is 0 Å². The lowest BCUT2D eigenvalue weighted by atomic mass is 10.1. The third kappa shape index (κ3) is 3.49. The van der Waals surface area contributed by atoms with Gasteiger partial charge < -0.3 is 4.90 Å². The van der Waals surface area contributed by atoms with Crippen molar-refractivity contribution in [3.63, 3.8) is 0 Å². The molecule has 0 aliphatic heterocycles. The molecular weight excluding hydrogens is 274 g/mol. The van der Waals surface area contributed by atoms with Gasteiger partial charge in [-0.1, -0.05) is 12.1 Å². The molecule has 0 heterocycles. The summed E-state index contributed by atoms with van der Waals surface area (Å²) in [5, 5.41) is 0. The van der Waals surface area contributed by atoms with Crippen LogP contribution in [0.5, 0.6) is 0 Å². The Bertz CT molecular complexity index is 479. The van der Waals surface area contributed by atoms with Gasteiger partial charge in [-0.3, -0.25) is 4.79 Å². The highest BCUT2D eigenvalue weighted by atomic mass is 19.4. The number of hydrogen-bond acceptors (Lipinski definition) is 1. The van der Waals surface area contributed by atoms with Crippen LogP contribution < -0.4 is 0 Å². The maximum Gasteiger partial charge on any atom is 0.409 e. The maximum absolute atomic E-state index is 13.1. The second-order valence-corrected chi connectivity index (χ2v) is 5.10. The van der Waals surface area contributed by atoms with Gasteiger partial charge >= 0.3 is 6.18 Å². The maximum atomic E-state index is 13.1. The molecule has 6 heteroatoms. The molecule has 0 aromatic heterocycles. The highest BCUT2D eigenvalue weighted by molar-refractivity contribution is 5.73. The lowest BCUT2D eigenvalue weighted by Gasteiger charge is -2.32. The topological polar surface area (TPSA) is 20.3 Å². The summed E-state index contributed by atoms with van der Waals surface area (Å²) in [5.74, 6) is -1.60. The molecule has 0 N–H and O–H groups in total. The highest BCUT2D eigenvalue weighted by Gasteiger charge is 2.52. The monoisotopic (exact) mass is 289 g/mol. The molecule has 1 fully saturated rings. The molecule has 1 atom stereocenters. The third-order valence-corrected chi connectivity index (χ3v) is 3.41. The molecule has 0 spiro atoms. The van der Waals surface area contributed by atoms with E-state index in [0.717, 1.165) is 11.8 Å². The van der Waals surface area contributed by atoms with Crippen molar-refractivity contribution in [3.8, 4) is 0 Å². The van der Waals surface area contributed by atoms with Gasteiger partial charge in [-0.05, 0) is 36.5 Å². The molecule has 2 rings (SSSR count). The predicted octanol–water partition coefficient (Wildman–Crippen LogP) is 3.52. The van der Waals surface area contributed by atoms with Crippen LogP contribution in [-0.2, 0) is 11.3 Å². The minimum Gasteiger partial charge on any atom is -0.326 e. The van der Waals surface area contributed by atoms with Crippen LogP contribution in [0.1, 0.15) is 25.3 Å². The predicted molar refractivity (Wildman–Crippen MR) is 65.2 cm³/mol. The summed E-state index contributed by atoms with van der Waals surface area (Å²) in [5.41, 5.74) is 0.483. The molecular formula is C14H15F4NO. The minimum absolute atomic E-state index is 0.156. The summed E-state index contributed by atoms with van der Waals surface area (Å²) in [7, 11) is 0. The molecule has 1 amide bonds. The number of rotatable bonds is 4. The first-order valence-electron chi connectivity index (χ1n) is 6.37. The Labute approximate surface area is 114 Å². The van der Waals surface area contributed by atoms with Crippen LogP contribution in [0.4, 0.5) is 17.6 Å². The molecule has 0 bridgehead atoms. The van der Waals surface area contributed by atoms with Crippen molar-refractivity contribution >= 4 is 5.91 Å². The van der Waals surface area contributed by atoms with Crippen molar-refractivity contribution in [2.75, 3.05) is 0 Å². The minimum atomic E-state index is -4.44. The number of halogens is 4. The van der Waals surface area contributed by atoms with E-state index in [4.69, 9.17) is 0 Å². The van der Waals surface area contributed by atoms with E-state index >= 15 is 0 Å². The molecule has 1 aliphatic rings. The molecule has 1 saturated carbocycles. The van der Waals surface area contributed by atoms with Gasteiger partial charge in [0, 0.05) is 13.5 Å². The Kier molecular flexibility index (Phi) is 4.01. The van der Waals surface area contributed by atoms with Gasteiger partial charge in [-0.25, -0.2) is 4.39 Å². The van der Waals surface area contributed by atoms with E-state index in [1.807, 2.05) is 0 Å². The fourth-order valence-corrected chi connectivity index (χ4v) is 2.30. The van der Waals surface area contributed by atoms with E-state index in [1.165, 1.54) is 24.3 Å². The van der Waals surface area contributed by atoms with Crippen molar-refractivity contribution in [2.45, 2.75) is 38.5 Å². The van der Waals surface area contributed by atoms with Crippen LogP contribution in [0.15, 0.2) is 24.3 Å². The Hall–Kier alpha value is -1.59. The zero-order chi connectivity index (χ0) is 14.9. The molecule has 20 heavy (non-hydrogen) atoms. The lowest BCUT2D eigenvalue weighted by Crippen LogP contribution is -2.49. The van der Waals surface area contributed by atoms with Crippen molar-refractivity contribution in [3.05, 3.63) is 35.6 Å². The van der Waals surface area contributed by atoms with Crippen LogP contribution in [0, 0.1) is 11.7 Å². The summed E-state index contributed by atoms with van der Waals surface area (Å²) in [6.07, 6.45) is -3.47. The average molecular weight is 289 g/mol. The van der Waals surface area contributed by atoms with Gasteiger partial charge in [0.05, 0.1) is 0 Å². The summed E-state index contributed by atoms with van der Waals surface area (Å²) >= 11 is 0. The average Bonchev–Trinajstić information content (AvgIpc) is 3.13. The Balaban J connectivity index is 2.21. The number of amides is 1. The highest BCUT2D eigenvalue weighted by Crippen LogP contribution is 2.43. The number of benzene rings is 1. The second kappa shape index (κ2) is 5.42. The zero-order valence-corrected chi connectivity index (χ0v) is 11.0. The van der Waals surface area contributed by atoms with Crippen molar-refractivity contribution in [2.24, 2.45) is 5.92 Å². The first kappa shape index (κ1) is 14.8. The largest absolute Gasteiger partial charge is 0.409 e. The number of carbonyl (C=O) groups is 1. The van der Waals surface area contributed by atoms with E-state index < -0.39 is 29.9 Å². The first-order chi connectivity index (χ1) is 9.29. The molecule has 2 nitrogen and oxygen atoms in total. The van der Waals surface area contributed by atoms with Gasteiger partial charge in [0.1, 0.15) is 11.9 Å². The van der Waals surface area contributed by atoms with E-state index in [2.05, 4.69) is 0 Å². The van der Waals surface area contributed by atoms with E-state index in [9.17, 15) is 22.4 Å². The van der Waals surface area contributed by atoms with E-state index in [1.54, 1.807) is 0 Å². The number of nitrogens with zero attached hydrogens (tertiary/aromatic N) is 1. The van der Waals surface area contributed by atoms with Gasteiger partial charge in [0.2, 0.25) is 5.91 Å².